The van der Waals surface area contributed by atoms with Crippen molar-refractivity contribution in [3.8, 4) is 16.9 Å². The first-order valence-corrected chi connectivity index (χ1v) is 8.36. The average Bonchev–Trinajstić information content (AvgIpc) is 2.46. The normalized spacial score (nSPS) is 11.1. The van der Waals surface area contributed by atoms with Crippen LogP contribution in [0.1, 0.15) is 0 Å². The van der Waals surface area contributed by atoms with Gasteiger partial charge in [-0.05, 0) is 52.2 Å². The third-order valence-corrected chi connectivity index (χ3v) is 4.57. The Kier molecular flexibility index (Phi) is 4.58. The van der Waals surface area contributed by atoms with Crippen molar-refractivity contribution in [2.24, 2.45) is 0 Å². The van der Waals surface area contributed by atoms with Crippen molar-refractivity contribution in [2.45, 2.75) is 4.90 Å². The van der Waals surface area contributed by atoms with Crippen LogP contribution in [-0.2, 0) is 9.84 Å². The highest BCUT2D eigenvalue weighted by Gasteiger charge is 2.07. The lowest BCUT2D eigenvalue weighted by Crippen LogP contribution is -1.96. The molecule has 0 aromatic heterocycles. The van der Waals surface area contributed by atoms with Crippen molar-refractivity contribution < 1.29 is 13.5 Å². The van der Waals surface area contributed by atoms with Gasteiger partial charge in [-0.1, -0.05) is 30.3 Å². The molecule has 0 aliphatic rings. The predicted molar refractivity (Wildman–Crippen MR) is 94.5 cm³/mol. The summed E-state index contributed by atoms with van der Waals surface area (Å²) in [6, 6.07) is 18.0. The van der Waals surface area contributed by atoms with Gasteiger partial charge in [-0.15, -0.1) is 17.0 Å². The van der Waals surface area contributed by atoms with E-state index in [4.69, 9.17) is 0 Å². The summed E-state index contributed by atoms with van der Waals surface area (Å²) in [5.41, 5.74) is 1.96. The number of fused-ring (bicyclic) bond motifs is 1. The van der Waals surface area contributed by atoms with Gasteiger partial charge < -0.3 is 5.11 Å². The zero-order valence-corrected chi connectivity index (χ0v) is 14.4. The summed E-state index contributed by atoms with van der Waals surface area (Å²) in [4.78, 5) is 0.317. The molecule has 0 fully saturated rings. The van der Waals surface area contributed by atoms with Crippen LogP contribution in [0, 0.1) is 0 Å². The molecular formula is C17H15BrO3S. The zero-order valence-electron chi connectivity index (χ0n) is 11.9. The molecule has 0 heterocycles. The summed E-state index contributed by atoms with van der Waals surface area (Å²) < 4.78 is 22.9. The van der Waals surface area contributed by atoms with Crippen molar-refractivity contribution in [2.75, 3.05) is 6.26 Å². The minimum atomic E-state index is -3.17. The van der Waals surface area contributed by atoms with E-state index in [1.165, 1.54) is 6.26 Å². The number of benzene rings is 3. The largest absolute Gasteiger partial charge is 0.508 e. The zero-order chi connectivity index (χ0) is 15.0. The molecule has 3 rings (SSSR count). The highest BCUT2D eigenvalue weighted by Crippen LogP contribution is 2.27. The third kappa shape index (κ3) is 3.31. The number of hydrogen-bond acceptors (Lipinski definition) is 3. The van der Waals surface area contributed by atoms with Gasteiger partial charge in [0, 0.05) is 6.26 Å². The maximum absolute atomic E-state index is 11.5. The smallest absolute Gasteiger partial charge is 0.175 e. The fourth-order valence-electron chi connectivity index (χ4n) is 2.31. The number of phenols is 1. The van der Waals surface area contributed by atoms with Gasteiger partial charge in [0.15, 0.2) is 9.84 Å². The van der Waals surface area contributed by atoms with E-state index in [1.807, 2.05) is 24.3 Å². The Bertz CT molecular complexity index is 916. The maximum atomic E-state index is 11.5. The molecule has 22 heavy (non-hydrogen) atoms. The standard InChI is InChI=1S/C17H14O3S.BrH/c1-21(19,20)17-8-5-12(6-9-17)13-2-3-15-11-16(18)7-4-14(15)10-13;/h2-11,18H,1H3;1H. The van der Waals surface area contributed by atoms with E-state index in [0.717, 1.165) is 21.9 Å². The van der Waals surface area contributed by atoms with E-state index in [-0.39, 0.29) is 22.7 Å². The molecule has 3 nitrogen and oxygen atoms in total. The van der Waals surface area contributed by atoms with Gasteiger partial charge in [0.05, 0.1) is 4.90 Å². The summed E-state index contributed by atoms with van der Waals surface area (Å²) >= 11 is 0. The third-order valence-electron chi connectivity index (χ3n) is 3.44. The Morgan fingerprint density at radius 3 is 1.95 bits per heavy atom. The molecule has 0 spiro atoms. The first-order chi connectivity index (χ1) is 9.93. The highest BCUT2D eigenvalue weighted by atomic mass is 79.9. The van der Waals surface area contributed by atoms with E-state index in [0.29, 0.717) is 4.90 Å². The minimum absolute atomic E-state index is 0. The lowest BCUT2D eigenvalue weighted by atomic mass is 10.0. The van der Waals surface area contributed by atoms with Gasteiger partial charge in [0.25, 0.3) is 0 Å². The van der Waals surface area contributed by atoms with Gasteiger partial charge in [-0.2, -0.15) is 0 Å². The van der Waals surface area contributed by atoms with Crippen LogP contribution in [0.15, 0.2) is 65.6 Å². The van der Waals surface area contributed by atoms with Crippen molar-refractivity contribution in [3.05, 3.63) is 60.7 Å². The molecule has 0 amide bonds. The first-order valence-electron chi connectivity index (χ1n) is 6.47. The van der Waals surface area contributed by atoms with Crippen LogP contribution in [0.2, 0.25) is 0 Å². The summed E-state index contributed by atoms with van der Waals surface area (Å²) in [5.74, 6) is 0.243. The quantitative estimate of drug-likeness (QED) is 0.726. The van der Waals surface area contributed by atoms with E-state index < -0.39 is 9.84 Å². The molecule has 0 saturated carbocycles. The van der Waals surface area contributed by atoms with E-state index >= 15 is 0 Å². The van der Waals surface area contributed by atoms with E-state index in [1.54, 1.807) is 36.4 Å². The number of hydrogen-bond donors (Lipinski definition) is 1. The van der Waals surface area contributed by atoms with Gasteiger partial charge in [0.2, 0.25) is 0 Å². The SMILES string of the molecule is Br.CS(=O)(=O)c1ccc(-c2ccc3cc(O)ccc3c2)cc1. The molecule has 3 aromatic rings. The number of rotatable bonds is 2. The Labute approximate surface area is 139 Å². The summed E-state index contributed by atoms with van der Waals surface area (Å²) in [7, 11) is -3.17. The molecule has 3 aromatic carbocycles. The molecule has 0 radical (unpaired) electrons. The second-order valence-electron chi connectivity index (χ2n) is 5.04. The Hall–Kier alpha value is -1.85. The lowest BCUT2D eigenvalue weighted by Gasteiger charge is -2.06. The highest BCUT2D eigenvalue weighted by molar-refractivity contribution is 8.93. The van der Waals surface area contributed by atoms with Crippen LogP contribution in [0.4, 0.5) is 0 Å². The lowest BCUT2D eigenvalue weighted by molar-refractivity contribution is 0.476. The molecule has 0 bridgehead atoms. The average molecular weight is 379 g/mol. The van der Waals surface area contributed by atoms with E-state index in [9.17, 15) is 13.5 Å². The van der Waals surface area contributed by atoms with Gasteiger partial charge >= 0.3 is 0 Å². The number of halogens is 1. The van der Waals surface area contributed by atoms with Crippen molar-refractivity contribution in [1.82, 2.24) is 0 Å². The van der Waals surface area contributed by atoms with Crippen LogP contribution < -0.4 is 0 Å². The maximum Gasteiger partial charge on any atom is 0.175 e. The minimum Gasteiger partial charge on any atom is -0.508 e. The first kappa shape index (κ1) is 16.5. The van der Waals surface area contributed by atoms with Gasteiger partial charge in [0.1, 0.15) is 5.75 Å². The number of phenolic OH excluding ortho intramolecular Hbond substituents is 1. The number of sulfone groups is 1. The summed E-state index contributed by atoms with van der Waals surface area (Å²) in [5, 5.41) is 11.5. The molecule has 0 aliphatic carbocycles. The van der Waals surface area contributed by atoms with Crippen LogP contribution in [0.25, 0.3) is 21.9 Å². The number of aromatic hydroxyl groups is 1. The van der Waals surface area contributed by atoms with Crippen molar-refractivity contribution in [1.29, 1.82) is 0 Å². The monoisotopic (exact) mass is 378 g/mol. The van der Waals surface area contributed by atoms with Crippen LogP contribution in [-0.4, -0.2) is 19.8 Å². The molecule has 0 unspecified atom stereocenters. The van der Waals surface area contributed by atoms with Crippen molar-refractivity contribution >= 4 is 37.6 Å². The molecular weight excluding hydrogens is 364 g/mol. The Morgan fingerprint density at radius 1 is 0.773 bits per heavy atom. The Balaban J connectivity index is 0.00000176. The topological polar surface area (TPSA) is 54.4 Å². The molecule has 0 aliphatic heterocycles. The molecule has 1 N–H and O–H groups in total. The van der Waals surface area contributed by atoms with Crippen LogP contribution in [0.3, 0.4) is 0 Å². The fraction of sp³-hybridized carbons (Fsp3) is 0.0588. The molecule has 5 heteroatoms. The predicted octanol–water partition coefficient (Wildman–Crippen LogP) is 4.19. The van der Waals surface area contributed by atoms with Gasteiger partial charge in [-0.3, -0.25) is 0 Å². The summed E-state index contributed by atoms with van der Waals surface area (Å²) in [6.07, 6.45) is 1.20. The Morgan fingerprint density at radius 2 is 1.32 bits per heavy atom. The summed E-state index contributed by atoms with van der Waals surface area (Å²) in [6.45, 7) is 0. The van der Waals surface area contributed by atoms with Crippen LogP contribution in [0.5, 0.6) is 5.75 Å². The van der Waals surface area contributed by atoms with E-state index in [2.05, 4.69) is 0 Å². The fourth-order valence-corrected chi connectivity index (χ4v) is 2.94. The second-order valence-corrected chi connectivity index (χ2v) is 7.06. The molecule has 0 atom stereocenters. The molecule has 114 valence electrons. The van der Waals surface area contributed by atoms with Crippen molar-refractivity contribution in [3.63, 3.8) is 0 Å². The second kappa shape index (κ2) is 6.10. The molecule has 0 saturated heterocycles. The van der Waals surface area contributed by atoms with Crippen LogP contribution >= 0.6 is 17.0 Å². The van der Waals surface area contributed by atoms with Gasteiger partial charge in [-0.25, -0.2) is 8.42 Å².